The van der Waals surface area contributed by atoms with Crippen molar-refractivity contribution in [1.82, 2.24) is 4.98 Å². The fraction of sp³-hybridized carbons (Fsp3) is 0.105. The number of esters is 1. The van der Waals surface area contributed by atoms with Crippen LogP contribution in [0.1, 0.15) is 21.6 Å². The Morgan fingerprint density at radius 3 is 2.62 bits per heavy atom. The molecule has 10 heteroatoms. The minimum Gasteiger partial charge on any atom is -0.493 e. The predicted octanol–water partition coefficient (Wildman–Crippen LogP) is 4.03. The number of ether oxygens (including phenoxy) is 2. The number of benzene rings is 2. The molecule has 29 heavy (non-hydrogen) atoms. The Morgan fingerprint density at radius 2 is 2.00 bits per heavy atom. The standard InChI is InChI=1S/C19H16N4O5S/c1-12-11-29-19(21-12)22-20-10-13-3-8-16(17(9-13)27-2)28-18(24)14-4-6-15(7-5-14)23(25)26/h3-11H,1-2H3,(H,21,22)/b20-10-. The van der Waals surface area contributed by atoms with Gasteiger partial charge in [0, 0.05) is 17.5 Å². The van der Waals surface area contributed by atoms with Crippen LogP contribution in [0.5, 0.6) is 11.5 Å². The normalized spacial score (nSPS) is 10.7. The van der Waals surface area contributed by atoms with Gasteiger partial charge in [-0.05, 0) is 42.8 Å². The number of hydrogen-bond donors (Lipinski definition) is 1. The number of nitrogens with zero attached hydrogens (tertiary/aromatic N) is 3. The summed E-state index contributed by atoms with van der Waals surface area (Å²) in [6, 6.07) is 10.1. The largest absolute Gasteiger partial charge is 0.493 e. The Labute approximate surface area is 169 Å². The van der Waals surface area contributed by atoms with Crippen LogP contribution in [0, 0.1) is 17.0 Å². The summed E-state index contributed by atoms with van der Waals surface area (Å²) in [4.78, 5) is 26.7. The lowest BCUT2D eigenvalue weighted by atomic mass is 10.2. The number of non-ortho nitro benzene ring substituents is 1. The van der Waals surface area contributed by atoms with Gasteiger partial charge in [-0.25, -0.2) is 9.78 Å². The van der Waals surface area contributed by atoms with E-state index < -0.39 is 10.9 Å². The summed E-state index contributed by atoms with van der Waals surface area (Å²) >= 11 is 1.45. The van der Waals surface area contributed by atoms with Gasteiger partial charge in [0.25, 0.3) is 5.69 Å². The smallest absolute Gasteiger partial charge is 0.343 e. The quantitative estimate of drug-likeness (QED) is 0.205. The fourth-order valence-electron chi connectivity index (χ4n) is 2.29. The molecule has 2 aromatic carbocycles. The highest BCUT2D eigenvalue weighted by Gasteiger charge is 2.14. The number of hydrazone groups is 1. The van der Waals surface area contributed by atoms with Crippen LogP contribution in [0.3, 0.4) is 0 Å². The molecule has 0 atom stereocenters. The fourth-order valence-corrected chi connectivity index (χ4v) is 2.93. The van der Waals surface area contributed by atoms with Gasteiger partial charge in [0.2, 0.25) is 5.13 Å². The second kappa shape index (κ2) is 8.93. The van der Waals surface area contributed by atoms with E-state index in [2.05, 4.69) is 15.5 Å². The molecule has 1 aromatic heterocycles. The molecule has 1 N–H and O–H groups in total. The number of nitro benzene ring substituents is 1. The van der Waals surface area contributed by atoms with E-state index in [1.165, 1.54) is 42.7 Å². The van der Waals surface area contributed by atoms with E-state index in [0.717, 1.165) is 11.3 Å². The van der Waals surface area contributed by atoms with Gasteiger partial charge in [-0.15, -0.1) is 11.3 Å². The molecule has 0 saturated heterocycles. The van der Waals surface area contributed by atoms with Crippen molar-refractivity contribution >= 4 is 34.3 Å². The number of rotatable bonds is 7. The lowest BCUT2D eigenvalue weighted by Crippen LogP contribution is -2.09. The maximum atomic E-state index is 12.3. The van der Waals surface area contributed by atoms with Crippen LogP contribution in [0.15, 0.2) is 52.9 Å². The van der Waals surface area contributed by atoms with E-state index in [1.54, 1.807) is 24.4 Å². The Balaban J connectivity index is 1.69. The zero-order valence-corrected chi connectivity index (χ0v) is 16.3. The molecule has 3 rings (SSSR count). The van der Waals surface area contributed by atoms with Crippen molar-refractivity contribution in [3.63, 3.8) is 0 Å². The molecule has 0 aliphatic carbocycles. The number of anilines is 1. The Kier molecular flexibility index (Phi) is 6.15. The van der Waals surface area contributed by atoms with Crippen molar-refractivity contribution in [3.8, 4) is 11.5 Å². The molecule has 0 saturated carbocycles. The third kappa shape index (κ3) is 5.14. The van der Waals surface area contributed by atoms with Crippen molar-refractivity contribution in [3.05, 3.63) is 74.8 Å². The summed E-state index contributed by atoms with van der Waals surface area (Å²) in [5.41, 5.74) is 4.55. The topological polar surface area (TPSA) is 116 Å². The first-order valence-electron chi connectivity index (χ1n) is 8.32. The highest BCUT2D eigenvalue weighted by atomic mass is 32.1. The van der Waals surface area contributed by atoms with Crippen LogP contribution in [-0.2, 0) is 0 Å². The van der Waals surface area contributed by atoms with E-state index >= 15 is 0 Å². The molecule has 0 aliphatic heterocycles. The summed E-state index contributed by atoms with van der Waals surface area (Å²) < 4.78 is 10.6. The highest BCUT2D eigenvalue weighted by molar-refractivity contribution is 7.13. The number of nitro groups is 1. The Bertz CT molecular complexity index is 1060. The molecule has 1 heterocycles. The van der Waals surface area contributed by atoms with Gasteiger partial charge >= 0.3 is 5.97 Å². The molecule has 3 aromatic rings. The zero-order valence-electron chi connectivity index (χ0n) is 15.5. The number of hydrogen-bond acceptors (Lipinski definition) is 9. The van der Waals surface area contributed by atoms with Gasteiger partial charge < -0.3 is 9.47 Å². The van der Waals surface area contributed by atoms with Gasteiger partial charge in [-0.3, -0.25) is 15.5 Å². The lowest BCUT2D eigenvalue weighted by Gasteiger charge is -2.10. The summed E-state index contributed by atoms with van der Waals surface area (Å²) in [6.45, 7) is 1.90. The third-order valence-electron chi connectivity index (χ3n) is 3.70. The molecular formula is C19H16N4O5S. The van der Waals surface area contributed by atoms with E-state index in [4.69, 9.17) is 9.47 Å². The monoisotopic (exact) mass is 412 g/mol. The van der Waals surface area contributed by atoms with Crippen molar-refractivity contribution in [2.75, 3.05) is 12.5 Å². The average molecular weight is 412 g/mol. The second-order valence-corrected chi connectivity index (χ2v) is 6.63. The number of carbonyl (C=O) groups is 1. The van der Waals surface area contributed by atoms with Crippen LogP contribution in [0.4, 0.5) is 10.8 Å². The van der Waals surface area contributed by atoms with E-state index in [0.29, 0.717) is 10.9 Å². The van der Waals surface area contributed by atoms with Crippen molar-refractivity contribution < 1.29 is 19.2 Å². The van der Waals surface area contributed by atoms with Crippen molar-refractivity contribution in [2.45, 2.75) is 6.92 Å². The Hall–Kier alpha value is -3.79. The van der Waals surface area contributed by atoms with E-state index in [9.17, 15) is 14.9 Å². The molecular weight excluding hydrogens is 396 g/mol. The lowest BCUT2D eigenvalue weighted by molar-refractivity contribution is -0.384. The van der Waals surface area contributed by atoms with Gasteiger partial charge in [-0.1, -0.05) is 0 Å². The summed E-state index contributed by atoms with van der Waals surface area (Å²) in [5, 5.41) is 17.4. The van der Waals surface area contributed by atoms with E-state index in [-0.39, 0.29) is 17.0 Å². The van der Waals surface area contributed by atoms with E-state index in [1.807, 2.05) is 12.3 Å². The van der Waals surface area contributed by atoms with Crippen LogP contribution in [-0.4, -0.2) is 29.2 Å². The van der Waals surface area contributed by atoms with Crippen LogP contribution in [0.2, 0.25) is 0 Å². The molecule has 0 fully saturated rings. The number of carbonyl (C=O) groups excluding carboxylic acids is 1. The maximum absolute atomic E-state index is 12.3. The molecule has 0 bridgehead atoms. The number of aromatic nitrogens is 1. The molecule has 148 valence electrons. The molecule has 0 aliphatic rings. The zero-order chi connectivity index (χ0) is 20.8. The maximum Gasteiger partial charge on any atom is 0.343 e. The van der Waals surface area contributed by atoms with Crippen LogP contribution in [0.25, 0.3) is 0 Å². The minimum absolute atomic E-state index is 0.107. The predicted molar refractivity (Wildman–Crippen MR) is 109 cm³/mol. The summed E-state index contributed by atoms with van der Waals surface area (Å²) in [7, 11) is 1.45. The average Bonchev–Trinajstić information content (AvgIpc) is 3.14. The first-order valence-corrected chi connectivity index (χ1v) is 9.20. The van der Waals surface area contributed by atoms with Gasteiger partial charge in [0.1, 0.15) is 0 Å². The van der Waals surface area contributed by atoms with Crippen LogP contribution < -0.4 is 14.9 Å². The molecule has 0 unspecified atom stereocenters. The van der Waals surface area contributed by atoms with Gasteiger partial charge in [-0.2, -0.15) is 5.10 Å². The van der Waals surface area contributed by atoms with Crippen molar-refractivity contribution in [1.29, 1.82) is 0 Å². The van der Waals surface area contributed by atoms with Gasteiger partial charge in [0.05, 0.1) is 29.5 Å². The SMILES string of the molecule is COc1cc(/C=N\Nc2nc(C)cs2)ccc1OC(=O)c1ccc([N+](=O)[O-])cc1. The number of methoxy groups -OCH3 is 1. The summed E-state index contributed by atoms with van der Waals surface area (Å²) in [6.07, 6.45) is 1.58. The second-order valence-electron chi connectivity index (χ2n) is 5.77. The first kappa shape index (κ1) is 20.0. The molecule has 0 amide bonds. The van der Waals surface area contributed by atoms with Gasteiger partial charge in [0.15, 0.2) is 11.5 Å². The van der Waals surface area contributed by atoms with Crippen LogP contribution >= 0.6 is 11.3 Å². The number of aryl methyl sites for hydroxylation is 1. The van der Waals surface area contributed by atoms with Crippen molar-refractivity contribution in [2.24, 2.45) is 5.10 Å². The molecule has 9 nitrogen and oxygen atoms in total. The molecule has 0 spiro atoms. The minimum atomic E-state index is -0.652. The number of nitrogens with one attached hydrogen (secondary N) is 1. The first-order chi connectivity index (χ1) is 14.0. The third-order valence-corrected chi connectivity index (χ3v) is 4.56. The highest BCUT2D eigenvalue weighted by Crippen LogP contribution is 2.28. The summed E-state index contributed by atoms with van der Waals surface area (Å²) in [5.74, 6) is -0.0914. The number of thiazole rings is 1. The Morgan fingerprint density at radius 1 is 1.24 bits per heavy atom. The molecule has 0 radical (unpaired) electrons.